The summed E-state index contributed by atoms with van der Waals surface area (Å²) in [4.78, 5) is 25.0. The minimum absolute atomic E-state index is 0.199. The average Bonchev–Trinajstić information content (AvgIpc) is 3.17. The van der Waals surface area contributed by atoms with E-state index in [0.29, 0.717) is 40.5 Å². The average molecular weight is 430 g/mol. The van der Waals surface area contributed by atoms with Gasteiger partial charge in [-0.1, -0.05) is 49.4 Å². The fraction of sp³-hybridized carbons (Fsp3) is 0.160. The van der Waals surface area contributed by atoms with Gasteiger partial charge in [0.2, 0.25) is 0 Å². The van der Waals surface area contributed by atoms with Crippen molar-refractivity contribution in [2.75, 3.05) is 10.6 Å². The molecule has 3 aromatic rings. The van der Waals surface area contributed by atoms with E-state index >= 15 is 0 Å². The molecule has 0 aliphatic carbocycles. The lowest BCUT2D eigenvalue weighted by Gasteiger charge is -2.09. The van der Waals surface area contributed by atoms with Gasteiger partial charge in [-0.3, -0.25) is 14.3 Å². The Hall–Kier alpha value is -4.13. The van der Waals surface area contributed by atoms with Crippen LogP contribution in [0.4, 0.5) is 11.5 Å². The van der Waals surface area contributed by atoms with Crippen LogP contribution in [0.3, 0.4) is 0 Å². The van der Waals surface area contributed by atoms with Gasteiger partial charge in [-0.05, 0) is 37.6 Å². The number of rotatable bonds is 7. The number of carbonyl (C=O) groups is 2. The zero-order valence-electron chi connectivity index (χ0n) is 18.4. The van der Waals surface area contributed by atoms with Crippen LogP contribution in [0.1, 0.15) is 30.6 Å². The Kier molecular flexibility index (Phi) is 7.23. The summed E-state index contributed by atoms with van der Waals surface area (Å²) in [7, 11) is 1.77. The summed E-state index contributed by atoms with van der Waals surface area (Å²) in [6, 6.07) is 18.2. The predicted molar refractivity (Wildman–Crippen MR) is 128 cm³/mol. The zero-order valence-corrected chi connectivity index (χ0v) is 18.4. The van der Waals surface area contributed by atoms with Crippen LogP contribution in [0.5, 0.6) is 0 Å². The van der Waals surface area contributed by atoms with E-state index in [1.165, 1.54) is 0 Å². The van der Waals surface area contributed by atoms with Gasteiger partial charge in [0.1, 0.15) is 5.82 Å². The minimum atomic E-state index is -0.251. The Balaban J connectivity index is 1.72. The van der Waals surface area contributed by atoms with E-state index in [9.17, 15) is 9.59 Å². The van der Waals surface area contributed by atoms with Crippen molar-refractivity contribution in [1.82, 2.24) is 9.78 Å². The van der Waals surface area contributed by atoms with Crippen molar-refractivity contribution in [2.24, 2.45) is 12.8 Å². The maximum atomic E-state index is 12.6. The molecule has 0 spiro atoms. The van der Waals surface area contributed by atoms with Crippen molar-refractivity contribution in [2.45, 2.75) is 20.3 Å². The summed E-state index contributed by atoms with van der Waals surface area (Å²) in [5.41, 5.74) is 9.63. The SMILES string of the molecule is C/C=C(N)\C(=C/CC)C(=O)Nc1ccc(-c2cc(NC(=O)c3ccccc3)n(C)n2)cc1. The number of hydrogen-bond acceptors (Lipinski definition) is 4. The molecular weight excluding hydrogens is 402 g/mol. The first-order chi connectivity index (χ1) is 15.4. The van der Waals surface area contributed by atoms with E-state index in [1.54, 1.807) is 55.1 Å². The van der Waals surface area contributed by atoms with Crippen LogP contribution in [0, 0.1) is 0 Å². The first kappa shape index (κ1) is 22.6. The molecule has 2 aromatic carbocycles. The van der Waals surface area contributed by atoms with E-state index in [-0.39, 0.29) is 11.8 Å². The number of allylic oxidation sites excluding steroid dienone is 2. The van der Waals surface area contributed by atoms with Crippen LogP contribution in [0.25, 0.3) is 11.3 Å². The monoisotopic (exact) mass is 429 g/mol. The van der Waals surface area contributed by atoms with Gasteiger partial charge in [-0.15, -0.1) is 0 Å². The smallest absolute Gasteiger partial charge is 0.257 e. The fourth-order valence-corrected chi connectivity index (χ4v) is 3.13. The fourth-order valence-electron chi connectivity index (χ4n) is 3.13. The summed E-state index contributed by atoms with van der Waals surface area (Å²) in [6.45, 7) is 3.75. The normalized spacial score (nSPS) is 11.8. The van der Waals surface area contributed by atoms with E-state index in [2.05, 4.69) is 15.7 Å². The molecule has 7 heteroatoms. The standard InChI is InChI=1S/C25H27N5O2/c1-4-9-20(21(26)5-2)25(32)27-19-14-12-17(13-15-19)22-16-23(30(3)29-22)28-24(31)18-10-7-6-8-11-18/h5-16H,4,26H2,1-3H3,(H,27,32)(H,28,31)/b20-9+,21-5+. The number of nitrogens with two attached hydrogens (primary N) is 1. The van der Waals surface area contributed by atoms with Crippen LogP contribution in [0.2, 0.25) is 0 Å². The van der Waals surface area contributed by atoms with E-state index < -0.39 is 0 Å². The second kappa shape index (κ2) is 10.3. The molecule has 1 heterocycles. The van der Waals surface area contributed by atoms with Crippen molar-refractivity contribution in [3.63, 3.8) is 0 Å². The number of nitrogens with one attached hydrogen (secondary N) is 2. The number of benzene rings is 2. The Bertz CT molecular complexity index is 1160. The topological polar surface area (TPSA) is 102 Å². The number of nitrogens with zero attached hydrogens (tertiary/aromatic N) is 2. The Labute approximate surface area is 187 Å². The van der Waals surface area contributed by atoms with Gasteiger partial charge < -0.3 is 16.4 Å². The third kappa shape index (κ3) is 5.31. The van der Waals surface area contributed by atoms with E-state index in [4.69, 9.17) is 5.73 Å². The van der Waals surface area contributed by atoms with E-state index in [1.807, 2.05) is 43.3 Å². The first-order valence-corrected chi connectivity index (χ1v) is 10.4. The van der Waals surface area contributed by atoms with Crippen LogP contribution in [-0.4, -0.2) is 21.6 Å². The summed E-state index contributed by atoms with van der Waals surface area (Å²) in [5, 5.41) is 10.2. The van der Waals surface area contributed by atoms with Gasteiger partial charge in [0.05, 0.1) is 11.3 Å². The number of anilines is 2. The molecule has 0 radical (unpaired) electrons. The summed E-state index contributed by atoms with van der Waals surface area (Å²) in [5.74, 6) is 0.135. The second-order valence-corrected chi connectivity index (χ2v) is 7.16. The lowest BCUT2D eigenvalue weighted by atomic mass is 10.1. The summed E-state index contributed by atoms with van der Waals surface area (Å²) < 4.78 is 1.62. The molecule has 7 nitrogen and oxygen atoms in total. The molecule has 0 aliphatic heterocycles. The number of aryl methyl sites for hydroxylation is 1. The number of amides is 2. The highest BCUT2D eigenvalue weighted by molar-refractivity contribution is 6.06. The highest BCUT2D eigenvalue weighted by Gasteiger charge is 2.13. The molecule has 0 saturated heterocycles. The third-order valence-electron chi connectivity index (χ3n) is 4.87. The van der Waals surface area contributed by atoms with Gasteiger partial charge in [0.25, 0.3) is 11.8 Å². The molecule has 0 fully saturated rings. The van der Waals surface area contributed by atoms with Crippen LogP contribution in [-0.2, 0) is 11.8 Å². The molecule has 0 unspecified atom stereocenters. The van der Waals surface area contributed by atoms with Crippen LogP contribution < -0.4 is 16.4 Å². The maximum absolute atomic E-state index is 12.6. The predicted octanol–water partition coefficient (Wildman–Crippen LogP) is 4.48. The van der Waals surface area contributed by atoms with Gasteiger partial charge in [-0.25, -0.2) is 0 Å². The maximum Gasteiger partial charge on any atom is 0.257 e. The molecule has 0 atom stereocenters. The van der Waals surface area contributed by atoms with Crippen LogP contribution in [0.15, 0.2) is 84.1 Å². The minimum Gasteiger partial charge on any atom is -0.398 e. The Morgan fingerprint density at radius 1 is 1.06 bits per heavy atom. The van der Waals surface area contributed by atoms with Crippen molar-refractivity contribution < 1.29 is 9.59 Å². The molecule has 2 amide bonds. The van der Waals surface area contributed by atoms with Gasteiger partial charge in [0.15, 0.2) is 0 Å². The molecular formula is C25H27N5O2. The Morgan fingerprint density at radius 2 is 1.75 bits per heavy atom. The zero-order chi connectivity index (χ0) is 23.1. The molecule has 0 aliphatic rings. The van der Waals surface area contributed by atoms with Gasteiger partial charge in [-0.2, -0.15) is 5.10 Å². The highest BCUT2D eigenvalue weighted by Crippen LogP contribution is 2.24. The molecule has 0 saturated carbocycles. The molecule has 0 bridgehead atoms. The lowest BCUT2D eigenvalue weighted by Crippen LogP contribution is -2.19. The quantitative estimate of drug-likeness (QED) is 0.381. The van der Waals surface area contributed by atoms with Crippen molar-refractivity contribution >= 4 is 23.3 Å². The molecule has 3 rings (SSSR count). The molecule has 4 N–H and O–H groups in total. The highest BCUT2D eigenvalue weighted by atomic mass is 16.2. The molecule has 164 valence electrons. The number of aromatic nitrogens is 2. The summed E-state index contributed by atoms with van der Waals surface area (Å²) in [6.07, 6.45) is 4.22. The third-order valence-corrected chi connectivity index (χ3v) is 4.87. The number of carbonyl (C=O) groups excluding carboxylic acids is 2. The molecule has 1 aromatic heterocycles. The molecule has 32 heavy (non-hydrogen) atoms. The van der Waals surface area contributed by atoms with Crippen LogP contribution >= 0.6 is 0 Å². The second-order valence-electron chi connectivity index (χ2n) is 7.16. The van der Waals surface area contributed by atoms with Crippen molar-refractivity contribution in [3.8, 4) is 11.3 Å². The lowest BCUT2D eigenvalue weighted by molar-refractivity contribution is -0.112. The Morgan fingerprint density at radius 3 is 2.38 bits per heavy atom. The largest absolute Gasteiger partial charge is 0.398 e. The van der Waals surface area contributed by atoms with Crippen molar-refractivity contribution in [3.05, 3.63) is 89.6 Å². The van der Waals surface area contributed by atoms with E-state index in [0.717, 1.165) is 5.56 Å². The van der Waals surface area contributed by atoms with Gasteiger partial charge >= 0.3 is 0 Å². The first-order valence-electron chi connectivity index (χ1n) is 10.4. The van der Waals surface area contributed by atoms with Crippen molar-refractivity contribution in [1.29, 1.82) is 0 Å². The van der Waals surface area contributed by atoms with Gasteiger partial charge in [0, 0.05) is 35.6 Å². The number of hydrogen-bond donors (Lipinski definition) is 3. The summed E-state index contributed by atoms with van der Waals surface area (Å²) >= 11 is 0.